The first-order valence-corrected chi connectivity index (χ1v) is 9.30. The van der Waals surface area contributed by atoms with Crippen molar-refractivity contribution in [3.05, 3.63) is 65.7 Å². The van der Waals surface area contributed by atoms with E-state index in [0.29, 0.717) is 17.9 Å². The Balaban J connectivity index is 2.16. The molecule has 0 heterocycles. The molecule has 2 aromatic rings. The third kappa shape index (κ3) is 5.74. The first kappa shape index (κ1) is 19.7. The smallest absolute Gasteiger partial charge is 0.315 e. The van der Waals surface area contributed by atoms with Gasteiger partial charge in [-0.25, -0.2) is 0 Å². The molecule has 0 spiro atoms. The highest BCUT2D eigenvalue weighted by Gasteiger charge is 2.23. The zero-order chi connectivity index (χ0) is 18.9. The van der Waals surface area contributed by atoms with Crippen molar-refractivity contribution in [1.29, 1.82) is 0 Å². The number of benzene rings is 2. The molecule has 0 saturated carbocycles. The summed E-state index contributed by atoms with van der Waals surface area (Å²) >= 11 is 1.21. The van der Waals surface area contributed by atoms with Gasteiger partial charge in [-0.3, -0.25) is 14.4 Å². The SMILES string of the molecule is CCOC(=O)CSC(C(=O)Nc1cccc(C(C)=O)c1)c1ccccc1. The standard InChI is InChI=1S/C20H21NO4S/c1-3-25-18(23)13-26-19(15-8-5-4-6-9-15)20(24)21-17-11-7-10-16(12-17)14(2)22/h4-12,19H,3,13H2,1-2H3,(H,21,24). The number of anilines is 1. The molecular formula is C20H21NO4S. The summed E-state index contributed by atoms with van der Waals surface area (Å²) in [6.07, 6.45) is 0. The highest BCUT2D eigenvalue weighted by molar-refractivity contribution is 8.00. The molecule has 1 N–H and O–H groups in total. The van der Waals surface area contributed by atoms with E-state index in [2.05, 4.69) is 5.32 Å². The van der Waals surface area contributed by atoms with Gasteiger partial charge < -0.3 is 10.1 Å². The normalized spacial score (nSPS) is 11.5. The maximum absolute atomic E-state index is 12.8. The molecule has 0 saturated heterocycles. The predicted molar refractivity (Wildman–Crippen MR) is 103 cm³/mol. The lowest BCUT2D eigenvalue weighted by atomic mass is 10.1. The molecule has 0 fully saturated rings. The highest BCUT2D eigenvalue weighted by Crippen LogP contribution is 2.30. The van der Waals surface area contributed by atoms with Crippen molar-refractivity contribution >= 4 is 35.1 Å². The van der Waals surface area contributed by atoms with Crippen LogP contribution in [0.25, 0.3) is 0 Å². The van der Waals surface area contributed by atoms with Crippen LogP contribution in [0.4, 0.5) is 5.69 Å². The fraction of sp³-hybridized carbons (Fsp3) is 0.250. The number of amides is 1. The predicted octanol–water partition coefficient (Wildman–Crippen LogP) is 3.87. The number of carbonyl (C=O) groups is 3. The van der Waals surface area contributed by atoms with Crippen molar-refractivity contribution in [3.63, 3.8) is 0 Å². The topological polar surface area (TPSA) is 72.5 Å². The number of ketones is 1. The van der Waals surface area contributed by atoms with Crippen LogP contribution in [-0.4, -0.2) is 30.0 Å². The van der Waals surface area contributed by atoms with Crippen LogP contribution in [0.5, 0.6) is 0 Å². The molecule has 5 nitrogen and oxygen atoms in total. The number of Topliss-reactive ketones (excluding diaryl/α,β-unsaturated/α-hetero) is 1. The molecule has 2 aromatic carbocycles. The van der Waals surface area contributed by atoms with Crippen LogP contribution in [0, 0.1) is 0 Å². The van der Waals surface area contributed by atoms with Gasteiger partial charge in [0, 0.05) is 11.3 Å². The van der Waals surface area contributed by atoms with E-state index in [1.165, 1.54) is 18.7 Å². The Morgan fingerprint density at radius 1 is 1.08 bits per heavy atom. The molecule has 1 amide bonds. The molecule has 0 bridgehead atoms. The van der Waals surface area contributed by atoms with Crippen LogP contribution in [0.3, 0.4) is 0 Å². The summed E-state index contributed by atoms with van der Waals surface area (Å²) < 4.78 is 4.94. The van der Waals surface area contributed by atoms with E-state index in [-0.39, 0.29) is 23.4 Å². The summed E-state index contributed by atoms with van der Waals surface area (Å²) in [4.78, 5) is 36.0. The molecule has 26 heavy (non-hydrogen) atoms. The summed E-state index contributed by atoms with van der Waals surface area (Å²) in [5.41, 5.74) is 1.86. The largest absolute Gasteiger partial charge is 0.465 e. The Hall–Kier alpha value is -2.60. The maximum Gasteiger partial charge on any atom is 0.315 e. The molecule has 136 valence electrons. The number of carbonyl (C=O) groups excluding carboxylic acids is 3. The Kier molecular flexibility index (Phi) is 7.41. The number of hydrogen-bond donors (Lipinski definition) is 1. The number of nitrogens with one attached hydrogen (secondary N) is 1. The molecule has 6 heteroatoms. The van der Waals surface area contributed by atoms with Crippen LogP contribution < -0.4 is 5.32 Å². The van der Waals surface area contributed by atoms with Gasteiger partial charge >= 0.3 is 5.97 Å². The fourth-order valence-electron chi connectivity index (χ4n) is 2.33. The van der Waals surface area contributed by atoms with Crippen LogP contribution in [0.1, 0.15) is 35.0 Å². The van der Waals surface area contributed by atoms with E-state index in [4.69, 9.17) is 4.74 Å². The lowest BCUT2D eigenvalue weighted by Crippen LogP contribution is -2.21. The number of hydrogen-bond acceptors (Lipinski definition) is 5. The Bertz CT molecular complexity index is 776. The maximum atomic E-state index is 12.8. The van der Waals surface area contributed by atoms with Crippen LogP contribution >= 0.6 is 11.8 Å². The average molecular weight is 371 g/mol. The number of ether oxygens (including phenoxy) is 1. The Labute approximate surface area is 157 Å². The Morgan fingerprint density at radius 2 is 1.81 bits per heavy atom. The molecule has 0 radical (unpaired) electrons. The molecule has 0 aliphatic rings. The van der Waals surface area contributed by atoms with Crippen molar-refractivity contribution in [3.8, 4) is 0 Å². The molecule has 0 aliphatic carbocycles. The quantitative estimate of drug-likeness (QED) is 0.563. The van der Waals surface area contributed by atoms with Gasteiger partial charge in [-0.2, -0.15) is 0 Å². The van der Waals surface area contributed by atoms with E-state index in [1.54, 1.807) is 31.2 Å². The molecule has 1 atom stereocenters. The Morgan fingerprint density at radius 3 is 2.46 bits per heavy atom. The lowest BCUT2D eigenvalue weighted by molar-refractivity contribution is -0.139. The second kappa shape index (κ2) is 9.77. The van der Waals surface area contributed by atoms with Crippen molar-refractivity contribution in [1.82, 2.24) is 0 Å². The molecular weight excluding hydrogens is 350 g/mol. The van der Waals surface area contributed by atoms with E-state index >= 15 is 0 Å². The summed E-state index contributed by atoms with van der Waals surface area (Å²) in [7, 11) is 0. The zero-order valence-electron chi connectivity index (χ0n) is 14.7. The second-order valence-electron chi connectivity index (χ2n) is 5.53. The van der Waals surface area contributed by atoms with Gasteiger partial charge in [0.05, 0.1) is 12.4 Å². The van der Waals surface area contributed by atoms with Crippen molar-refractivity contribution in [2.24, 2.45) is 0 Å². The summed E-state index contributed by atoms with van der Waals surface area (Å²) in [5, 5.41) is 2.26. The van der Waals surface area contributed by atoms with Crippen molar-refractivity contribution in [2.45, 2.75) is 19.1 Å². The van der Waals surface area contributed by atoms with Gasteiger partial charge in [0.25, 0.3) is 0 Å². The van der Waals surface area contributed by atoms with Crippen LogP contribution in [-0.2, 0) is 14.3 Å². The van der Waals surface area contributed by atoms with Gasteiger partial charge in [-0.05, 0) is 31.5 Å². The number of rotatable bonds is 8. The summed E-state index contributed by atoms with van der Waals surface area (Å²) in [5.74, 6) is -0.609. The third-order valence-corrected chi connectivity index (χ3v) is 4.77. The van der Waals surface area contributed by atoms with Gasteiger partial charge in [0.15, 0.2) is 5.78 Å². The van der Waals surface area contributed by atoms with Crippen molar-refractivity contribution in [2.75, 3.05) is 17.7 Å². The number of esters is 1. The first-order valence-electron chi connectivity index (χ1n) is 8.25. The minimum Gasteiger partial charge on any atom is -0.465 e. The monoisotopic (exact) mass is 371 g/mol. The molecule has 1 unspecified atom stereocenters. The lowest BCUT2D eigenvalue weighted by Gasteiger charge is -2.17. The van der Waals surface area contributed by atoms with Gasteiger partial charge in [-0.1, -0.05) is 42.5 Å². The third-order valence-electron chi connectivity index (χ3n) is 3.55. The highest BCUT2D eigenvalue weighted by atomic mass is 32.2. The van der Waals surface area contributed by atoms with Crippen molar-refractivity contribution < 1.29 is 19.1 Å². The second-order valence-corrected chi connectivity index (χ2v) is 6.63. The van der Waals surface area contributed by atoms with Crippen LogP contribution in [0.2, 0.25) is 0 Å². The number of thioether (sulfide) groups is 1. The molecule has 2 rings (SSSR count). The van der Waals surface area contributed by atoms with E-state index in [0.717, 1.165) is 5.56 Å². The zero-order valence-corrected chi connectivity index (χ0v) is 15.5. The van der Waals surface area contributed by atoms with Gasteiger partial charge in [0.1, 0.15) is 5.25 Å². The fourth-order valence-corrected chi connectivity index (χ4v) is 3.27. The van der Waals surface area contributed by atoms with E-state index in [9.17, 15) is 14.4 Å². The van der Waals surface area contributed by atoms with E-state index in [1.807, 2.05) is 30.3 Å². The van der Waals surface area contributed by atoms with Crippen LogP contribution in [0.15, 0.2) is 54.6 Å². The summed E-state index contributed by atoms with van der Waals surface area (Å²) in [6.45, 7) is 3.52. The van der Waals surface area contributed by atoms with Gasteiger partial charge in [0.2, 0.25) is 5.91 Å². The van der Waals surface area contributed by atoms with E-state index < -0.39 is 5.25 Å². The minimum absolute atomic E-state index is 0.0719. The first-order chi connectivity index (χ1) is 12.5. The summed E-state index contributed by atoms with van der Waals surface area (Å²) in [6, 6.07) is 16.0. The molecule has 0 aliphatic heterocycles. The molecule has 0 aromatic heterocycles. The average Bonchev–Trinajstić information content (AvgIpc) is 2.63. The van der Waals surface area contributed by atoms with Gasteiger partial charge in [-0.15, -0.1) is 11.8 Å². The minimum atomic E-state index is -0.568.